The lowest BCUT2D eigenvalue weighted by molar-refractivity contribution is -0.149. The van der Waals surface area contributed by atoms with E-state index >= 15 is 0 Å². The van der Waals surface area contributed by atoms with Gasteiger partial charge in [0, 0.05) is 36.7 Å². The molecule has 0 spiro atoms. The third kappa shape index (κ3) is 4.53. The van der Waals surface area contributed by atoms with E-state index in [-0.39, 0.29) is 17.7 Å². The van der Waals surface area contributed by atoms with E-state index in [1.807, 2.05) is 28.9 Å². The highest BCUT2D eigenvalue weighted by molar-refractivity contribution is 7.87. The molecule has 11 nitrogen and oxygen atoms in total. The van der Waals surface area contributed by atoms with Crippen molar-refractivity contribution in [1.82, 2.24) is 18.9 Å². The smallest absolute Gasteiger partial charge is 0.394 e. The van der Waals surface area contributed by atoms with Crippen molar-refractivity contribution in [2.24, 2.45) is 5.92 Å². The Bertz CT molecular complexity index is 1720. The van der Waals surface area contributed by atoms with E-state index in [1.165, 1.54) is 20.5 Å². The standard InChI is InChI=1S/C30H34N4O7S/c1-33(2)42(39,40)32-28(35)25-23-19-12-8-7-11-18(19)21-15-20-22(41-3)14-13-17(16-9-5-4-6-10-16)26(20)34(21)27(24(23)25)31-29(36)30(37)38/h8,12-16,18,25H,4-7,9-11H2,1-3H3,(H,31,36)(H,32,35)(H,37,38). The van der Waals surface area contributed by atoms with Crippen molar-refractivity contribution in [1.29, 1.82) is 0 Å². The molecule has 2 unspecified atom stereocenters. The summed E-state index contributed by atoms with van der Waals surface area (Å²) < 4.78 is 35.9. The van der Waals surface area contributed by atoms with Crippen molar-refractivity contribution in [2.75, 3.05) is 21.2 Å². The Morgan fingerprint density at radius 3 is 2.48 bits per heavy atom. The van der Waals surface area contributed by atoms with Gasteiger partial charge < -0.3 is 15.2 Å². The quantitative estimate of drug-likeness (QED) is 0.435. The summed E-state index contributed by atoms with van der Waals surface area (Å²) in [5.74, 6) is -3.73. The van der Waals surface area contributed by atoms with Crippen molar-refractivity contribution in [2.45, 2.75) is 56.8 Å². The second-order valence-electron chi connectivity index (χ2n) is 11.5. The normalized spacial score (nSPS) is 21.9. The molecule has 2 heterocycles. The molecule has 42 heavy (non-hydrogen) atoms. The zero-order valence-electron chi connectivity index (χ0n) is 23.8. The molecular weight excluding hydrogens is 560 g/mol. The summed E-state index contributed by atoms with van der Waals surface area (Å²) in [6, 6.07) is 6.05. The molecule has 0 radical (unpaired) electrons. The Hall–Kier alpha value is -3.90. The van der Waals surface area contributed by atoms with Crippen LogP contribution < -0.4 is 14.8 Å². The number of nitrogens with one attached hydrogen (secondary N) is 2. The predicted octanol–water partition coefficient (Wildman–Crippen LogP) is 3.36. The summed E-state index contributed by atoms with van der Waals surface area (Å²) in [6.45, 7) is 0. The SMILES string of the molecule is COc1ccc(C2CCCCC2)c2c1cc1n2C(NC(=O)C(=O)O)=C2C(=C3C=CCCC31)C2C(=O)NS(=O)(=O)N(C)C. The highest BCUT2D eigenvalue weighted by Gasteiger charge is 2.53. The van der Waals surface area contributed by atoms with Gasteiger partial charge in [-0.3, -0.25) is 14.2 Å². The second kappa shape index (κ2) is 10.4. The van der Waals surface area contributed by atoms with Gasteiger partial charge in [0.25, 0.3) is 0 Å². The molecule has 4 aliphatic rings. The van der Waals surface area contributed by atoms with E-state index in [9.17, 15) is 27.9 Å². The van der Waals surface area contributed by atoms with Gasteiger partial charge in [0.1, 0.15) is 11.6 Å². The average Bonchev–Trinajstić information content (AvgIpc) is 3.61. The van der Waals surface area contributed by atoms with Crippen LogP contribution in [0.25, 0.3) is 16.7 Å². The number of hydrogen-bond acceptors (Lipinski definition) is 6. The maximum absolute atomic E-state index is 13.5. The number of ether oxygens (including phenoxy) is 1. The Kier molecular flexibility index (Phi) is 7.01. The largest absolute Gasteiger partial charge is 0.496 e. The van der Waals surface area contributed by atoms with E-state index in [2.05, 4.69) is 16.1 Å². The molecule has 2 aromatic rings. The number of methoxy groups -OCH3 is 1. The minimum atomic E-state index is -4.09. The number of carboxylic acid groups (broad SMARTS) is 1. The molecule has 3 N–H and O–H groups in total. The maximum Gasteiger partial charge on any atom is 0.394 e. The van der Waals surface area contributed by atoms with Gasteiger partial charge in [0.2, 0.25) is 5.91 Å². The van der Waals surface area contributed by atoms with Crippen molar-refractivity contribution < 1.29 is 32.6 Å². The first-order valence-corrected chi connectivity index (χ1v) is 15.6. The van der Waals surface area contributed by atoms with Crippen molar-refractivity contribution >= 4 is 44.7 Å². The third-order valence-electron chi connectivity index (χ3n) is 8.87. The number of rotatable bonds is 6. The number of aliphatic carboxylic acids is 1. The molecule has 2 amide bonds. The summed E-state index contributed by atoms with van der Waals surface area (Å²) in [6.07, 6.45) is 10.9. The highest BCUT2D eigenvalue weighted by atomic mass is 32.2. The average molecular weight is 595 g/mol. The van der Waals surface area contributed by atoms with Gasteiger partial charge in [-0.05, 0) is 60.4 Å². The van der Waals surface area contributed by atoms with Crippen LogP contribution in [0.2, 0.25) is 0 Å². The van der Waals surface area contributed by atoms with Gasteiger partial charge in [0.15, 0.2) is 0 Å². The van der Waals surface area contributed by atoms with Crippen LogP contribution in [0, 0.1) is 5.92 Å². The Morgan fingerprint density at radius 2 is 1.81 bits per heavy atom. The summed E-state index contributed by atoms with van der Waals surface area (Å²) >= 11 is 0. The first kappa shape index (κ1) is 28.2. The fourth-order valence-electron chi connectivity index (χ4n) is 6.84. The van der Waals surface area contributed by atoms with Gasteiger partial charge in [-0.1, -0.05) is 37.5 Å². The van der Waals surface area contributed by atoms with Gasteiger partial charge >= 0.3 is 22.1 Å². The van der Waals surface area contributed by atoms with Crippen LogP contribution in [0.3, 0.4) is 0 Å². The second-order valence-corrected chi connectivity index (χ2v) is 13.4. The number of carbonyl (C=O) groups is 3. The number of carbonyl (C=O) groups excluding carboxylic acids is 2. The molecule has 2 atom stereocenters. The molecule has 2 saturated carbocycles. The highest BCUT2D eigenvalue weighted by Crippen LogP contribution is 2.58. The molecule has 2 fully saturated rings. The van der Waals surface area contributed by atoms with Crippen LogP contribution in [0.5, 0.6) is 5.75 Å². The first-order chi connectivity index (χ1) is 20.0. The lowest BCUT2D eigenvalue weighted by Crippen LogP contribution is -2.40. The number of amides is 2. The van der Waals surface area contributed by atoms with E-state index in [4.69, 9.17) is 4.74 Å². The molecular formula is C30H34N4O7S. The van der Waals surface area contributed by atoms with E-state index in [0.29, 0.717) is 16.9 Å². The summed E-state index contributed by atoms with van der Waals surface area (Å²) in [7, 11) is 0.150. The maximum atomic E-state index is 13.5. The number of hydrogen-bond donors (Lipinski definition) is 3. The van der Waals surface area contributed by atoms with Gasteiger partial charge in [-0.25, -0.2) is 9.52 Å². The predicted molar refractivity (Wildman–Crippen MR) is 156 cm³/mol. The molecule has 0 bridgehead atoms. The third-order valence-corrected chi connectivity index (χ3v) is 10.3. The fraction of sp³-hybridized carbons (Fsp3) is 0.433. The summed E-state index contributed by atoms with van der Waals surface area (Å²) in [4.78, 5) is 38.0. The zero-order chi connectivity index (χ0) is 29.9. The van der Waals surface area contributed by atoms with Crippen LogP contribution in [0.1, 0.15) is 68.0 Å². The van der Waals surface area contributed by atoms with E-state index in [1.54, 1.807) is 7.11 Å². The summed E-state index contributed by atoms with van der Waals surface area (Å²) in [5.41, 5.74) is 4.64. The molecule has 6 rings (SSSR count). The molecule has 1 aromatic carbocycles. The Morgan fingerprint density at radius 1 is 1.07 bits per heavy atom. The molecule has 1 aliphatic heterocycles. The van der Waals surface area contributed by atoms with Gasteiger partial charge in [-0.15, -0.1) is 0 Å². The number of aromatic nitrogens is 1. The number of fused-ring (bicyclic) bond motifs is 6. The van der Waals surface area contributed by atoms with E-state index in [0.717, 1.165) is 70.6 Å². The number of benzene rings is 1. The minimum Gasteiger partial charge on any atom is -0.496 e. The minimum absolute atomic E-state index is 0.168. The van der Waals surface area contributed by atoms with Crippen molar-refractivity contribution in [3.05, 3.63) is 58.3 Å². The Labute approximate surface area is 244 Å². The molecule has 3 aliphatic carbocycles. The lowest BCUT2D eigenvalue weighted by Gasteiger charge is -2.26. The van der Waals surface area contributed by atoms with Crippen molar-refractivity contribution in [3.63, 3.8) is 0 Å². The Balaban J connectivity index is 1.64. The van der Waals surface area contributed by atoms with Gasteiger partial charge in [-0.2, -0.15) is 12.7 Å². The molecule has 0 saturated heterocycles. The number of carboxylic acids is 1. The van der Waals surface area contributed by atoms with E-state index < -0.39 is 33.9 Å². The fourth-order valence-corrected chi connectivity index (χ4v) is 7.39. The van der Waals surface area contributed by atoms with Crippen LogP contribution >= 0.6 is 0 Å². The molecule has 1 aromatic heterocycles. The number of allylic oxidation sites excluding steroid dienone is 3. The summed E-state index contributed by atoms with van der Waals surface area (Å²) in [5, 5.41) is 13.0. The zero-order valence-corrected chi connectivity index (χ0v) is 24.6. The monoisotopic (exact) mass is 594 g/mol. The van der Waals surface area contributed by atoms with Crippen LogP contribution in [0.4, 0.5) is 0 Å². The first-order valence-electron chi connectivity index (χ1n) is 14.2. The van der Waals surface area contributed by atoms with Crippen LogP contribution in [-0.2, 0) is 24.6 Å². The van der Waals surface area contributed by atoms with Crippen molar-refractivity contribution in [3.8, 4) is 5.75 Å². The van der Waals surface area contributed by atoms with Crippen LogP contribution in [0.15, 0.2) is 47.1 Å². The van der Waals surface area contributed by atoms with Crippen LogP contribution in [-0.4, -0.2) is 61.4 Å². The number of nitrogens with zero attached hydrogens (tertiary/aromatic N) is 2. The lowest BCUT2D eigenvalue weighted by atomic mass is 9.83. The topological polar surface area (TPSA) is 147 Å². The molecule has 222 valence electrons. The molecule has 12 heteroatoms. The van der Waals surface area contributed by atoms with Gasteiger partial charge in [0.05, 0.1) is 18.5 Å².